The lowest BCUT2D eigenvalue weighted by Gasteiger charge is -2.16. The Morgan fingerprint density at radius 2 is 2.00 bits per heavy atom. The highest BCUT2D eigenvalue weighted by atomic mass is 16.5. The number of rotatable bonds is 5. The van der Waals surface area contributed by atoms with Crippen LogP contribution in [0.25, 0.3) is 11.0 Å². The van der Waals surface area contributed by atoms with Crippen LogP contribution in [0.1, 0.15) is 12.5 Å². The van der Waals surface area contributed by atoms with Gasteiger partial charge in [0.25, 0.3) is 0 Å². The second-order valence-corrected chi connectivity index (χ2v) is 4.82. The maximum atomic E-state index is 11.5. The van der Waals surface area contributed by atoms with E-state index in [9.17, 15) is 9.90 Å². The average molecular weight is 290 g/mol. The molecule has 0 saturated heterocycles. The summed E-state index contributed by atoms with van der Waals surface area (Å²) >= 11 is 0. The van der Waals surface area contributed by atoms with E-state index >= 15 is 0 Å². The predicted molar refractivity (Wildman–Crippen MR) is 80.1 cm³/mol. The van der Waals surface area contributed by atoms with Gasteiger partial charge >= 0.3 is 5.63 Å². The van der Waals surface area contributed by atoms with Crippen molar-refractivity contribution in [3.63, 3.8) is 0 Å². The molecule has 112 valence electrons. The Morgan fingerprint density at radius 1 is 1.33 bits per heavy atom. The molecular formula is C16H18O5. The molecule has 1 aromatic heterocycles. The highest BCUT2D eigenvalue weighted by Crippen LogP contribution is 2.36. The number of ether oxygens (including phenoxy) is 2. The van der Waals surface area contributed by atoms with Crippen molar-refractivity contribution >= 4 is 11.0 Å². The summed E-state index contributed by atoms with van der Waals surface area (Å²) in [6.07, 6.45) is -0.507. The predicted octanol–water partition coefficient (Wildman–Crippen LogP) is 2.29. The Balaban J connectivity index is 2.73. The van der Waals surface area contributed by atoms with Gasteiger partial charge in [-0.05, 0) is 13.0 Å². The van der Waals surface area contributed by atoms with Crippen molar-refractivity contribution in [1.82, 2.24) is 0 Å². The zero-order valence-electron chi connectivity index (χ0n) is 12.3. The fraction of sp³-hybridized carbons (Fsp3) is 0.312. The van der Waals surface area contributed by atoms with E-state index in [1.54, 1.807) is 19.1 Å². The van der Waals surface area contributed by atoms with E-state index in [0.29, 0.717) is 33.6 Å². The number of aliphatic hydroxyl groups is 1. The van der Waals surface area contributed by atoms with Crippen LogP contribution in [0.3, 0.4) is 0 Å². The van der Waals surface area contributed by atoms with Crippen molar-refractivity contribution in [2.75, 3.05) is 14.2 Å². The molecule has 1 atom stereocenters. The van der Waals surface area contributed by atoms with Crippen LogP contribution in [0.2, 0.25) is 0 Å². The minimum Gasteiger partial charge on any atom is -0.496 e. The van der Waals surface area contributed by atoms with E-state index in [1.165, 1.54) is 20.3 Å². The van der Waals surface area contributed by atoms with Crippen molar-refractivity contribution in [3.05, 3.63) is 46.3 Å². The fourth-order valence-corrected chi connectivity index (χ4v) is 2.14. The average Bonchev–Trinajstić information content (AvgIpc) is 2.47. The van der Waals surface area contributed by atoms with Gasteiger partial charge in [0.1, 0.15) is 17.1 Å². The third kappa shape index (κ3) is 2.92. The second-order valence-electron chi connectivity index (χ2n) is 4.82. The van der Waals surface area contributed by atoms with E-state index in [-0.39, 0.29) is 6.42 Å². The van der Waals surface area contributed by atoms with E-state index in [2.05, 4.69) is 6.58 Å². The summed E-state index contributed by atoms with van der Waals surface area (Å²) in [4.78, 5) is 11.5. The van der Waals surface area contributed by atoms with Crippen LogP contribution in [-0.4, -0.2) is 25.4 Å². The van der Waals surface area contributed by atoms with Crippen LogP contribution >= 0.6 is 0 Å². The summed E-state index contributed by atoms with van der Waals surface area (Å²) in [5, 5.41) is 10.7. The van der Waals surface area contributed by atoms with Gasteiger partial charge in [-0.1, -0.05) is 12.2 Å². The van der Waals surface area contributed by atoms with Gasteiger partial charge in [0.15, 0.2) is 0 Å². The minimum absolute atomic E-state index is 0.242. The van der Waals surface area contributed by atoms with Crippen LogP contribution < -0.4 is 15.1 Å². The van der Waals surface area contributed by atoms with Crippen LogP contribution in [0.15, 0.2) is 39.6 Å². The van der Waals surface area contributed by atoms with Crippen molar-refractivity contribution in [3.8, 4) is 11.5 Å². The Morgan fingerprint density at radius 3 is 2.57 bits per heavy atom. The number of hydrogen-bond acceptors (Lipinski definition) is 5. The van der Waals surface area contributed by atoms with Crippen molar-refractivity contribution in [1.29, 1.82) is 0 Å². The number of benzene rings is 1. The zero-order chi connectivity index (χ0) is 15.6. The molecule has 0 aliphatic carbocycles. The number of hydrogen-bond donors (Lipinski definition) is 1. The number of fused-ring (bicyclic) bond motifs is 1. The lowest BCUT2D eigenvalue weighted by Crippen LogP contribution is -2.13. The van der Waals surface area contributed by atoms with E-state index in [0.717, 1.165) is 0 Å². The Labute approximate surface area is 122 Å². The van der Waals surface area contributed by atoms with Crippen LogP contribution in [0.5, 0.6) is 11.5 Å². The highest BCUT2D eigenvalue weighted by Gasteiger charge is 2.19. The molecule has 0 aliphatic rings. The Hall–Kier alpha value is -2.27. The Kier molecular flexibility index (Phi) is 4.33. The standard InChI is InChI=1S/C16H18O5/c1-9(2)12(17)7-11-14(20-4)8-13(19-3)10-5-6-15(18)21-16(10)11/h5-6,8,12,17H,1,7H2,2-4H3. The van der Waals surface area contributed by atoms with Gasteiger partial charge in [-0.3, -0.25) is 0 Å². The number of methoxy groups -OCH3 is 2. The first kappa shape index (κ1) is 15.1. The monoisotopic (exact) mass is 290 g/mol. The molecule has 0 bridgehead atoms. The highest BCUT2D eigenvalue weighted by molar-refractivity contribution is 5.88. The van der Waals surface area contributed by atoms with Crippen LogP contribution in [0, 0.1) is 0 Å². The maximum Gasteiger partial charge on any atom is 0.336 e. The smallest absolute Gasteiger partial charge is 0.336 e. The van der Waals surface area contributed by atoms with Crippen molar-refractivity contribution in [2.45, 2.75) is 19.4 Å². The summed E-state index contributed by atoms with van der Waals surface area (Å²) in [6, 6.07) is 4.68. The molecule has 1 aromatic carbocycles. The summed E-state index contributed by atoms with van der Waals surface area (Å²) < 4.78 is 15.9. The first-order valence-electron chi connectivity index (χ1n) is 6.49. The summed E-state index contributed by atoms with van der Waals surface area (Å²) in [7, 11) is 3.04. The van der Waals surface area contributed by atoms with Gasteiger partial charge < -0.3 is 19.0 Å². The largest absolute Gasteiger partial charge is 0.496 e. The van der Waals surface area contributed by atoms with Crippen molar-refractivity contribution in [2.24, 2.45) is 0 Å². The molecule has 5 heteroatoms. The van der Waals surface area contributed by atoms with Gasteiger partial charge in [-0.15, -0.1) is 0 Å². The van der Waals surface area contributed by atoms with Gasteiger partial charge in [-0.2, -0.15) is 0 Å². The molecule has 0 saturated carbocycles. The quantitative estimate of drug-likeness (QED) is 0.676. The molecule has 1 N–H and O–H groups in total. The maximum absolute atomic E-state index is 11.5. The molecule has 0 fully saturated rings. The van der Waals surface area contributed by atoms with Crippen LogP contribution in [0.4, 0.5) is 0 Å². The molecule has 2 aromatic rings. The number of aliphatic hydroxyl groups excluding tert-OH is 1. The molecule has 1 unspecified atom stereocenters. The zero-order valence-corrected chi connectivity index (χ0v) is 12.3. The van der Waals surface area contributed by atoms with Crippen LogP contribution in [-0.2, 0) is 6.42 Å². The molecule has 0 aliphatic heterocycles. The fourth-order valence-electron chi connectivity index (χ4n) is 2.14. The molecular weight excluding hydrogens is 272 g/mol. The molecule has 1 heterocycles. The molecule has 5 nitrogen and oxygen atoms in total. The topological polar surface area (TPSA) is 68.9 Å². The molecule has 2 rings (SSSR count). The normalized spacial score (nSPS) is 12.2. The first-order valence-corrected chi connectivity index (χ1v) is 6.49. The molecule has 21 heavy (non-hydrogen) atoms. The van der Waals surface area contributed by atoms with Gasteiger partial charge in [0.2, 0.25) is 0 Å². The van der Waals surface area contributed by atoms with Gasteiger partial charge in [-0.25, -0.2) is 4.79 Å². The molecule has 0 radical (unpaired) electrons. The SMILES string of the molecule is C=C(C)C(O)Cc1c(OC)cc(OC)c2ccc(=O)oc12. The lowest BCUT2D eigenvalue weighted by molar-refractivity contribution is 0.210. The summed E-state index contributed by atoms with van der Waals surface area (Å²) in [5.74, 6) is 1.04. The van der Waals surface area contributed by atoms with Gasteiger partial charge in [0, 0.05) is 24.1 Å². The third-order valence-electron chi connectivity index (χ3n) is 3.34. The summed E-state index contributed by atoms with van der Waals surface area (Å²) in [5.41, 5.74) is 1.13. The molecule has 0 amide bonds. The summed E-state index contributed by atoms with van der Waals surface area (Å²) in [6.45, 7) is 5.47. The van der Waals surface area contributed by atoms with Gasteiger partial charge in [0.05, 0.1) is 25.7 Å². The minimum atomic E-state index is -0.749. The van der Waals surface area contributed by atoms with E-state index < -0.39 is 11.7 Å². The van der Waals surface area contributed by atoms with E-state index in [4.69, 9.17) is 13.9 Å². The third-order valence-corrected chi connectivity index (χ3v) is 3.34. The lowest BCUT2D eigenvalue weighted by atomic mass is 10.00. The molecule has 0 spiro atoms. The Bertz CT molecular complexity index is 729. The second kappa shape index (κ2) is 6.01. The first-order chi connectivity index (χ1) is 9.97. The van der Waals surface area contributed by atoms with Crippen molar-refractivity contribution < 1.29 is 19.0 Å². The van der Waals surface area contributed by atoms with E-state index in [1.807, 2.05) is 0 Å².